The van der Waals surface area contributed by atoms with Crippen LogP contribution in [0.2, 0.25) is 0 Å². The van der Waals surface area contributed by atoms with Gasteiger partial charge in [0, 0.05) is 12.1 Å². The first kappa shape index (κ1) is 14.7. The van der Waals surface area contributed by atoms with Crippen molar-refractivity contribution in [3.05, 3.63) is 23.8 Å². The zero-order chi connectivity index (χ0) is 14.4. The van der Waals surface area contributed by atoms with Crippen molar-refractivity contribution in [3.63, 3.8) is 0 Å². The second-order valence-corrected chi connectivity index (χ2v) is 5.04. The van der Waals surface area contributed by atoms with Crippen LogP contribution in [0.15, 0.2) is 18.2 Å². The van der Waals surface area contributed by atoms with E-state index in [0.29, 0.717) is 17.9 Å². The van der Waals surface area contributed by atoms with Crippen molar-refractivity contribution in [3.8, 4) is 11.5 Å². The largest absolute Gasteiger partial charge is 0.504 e. The fraction of sp³-hybridized carbons (Fsp3) is 0.533. The first-order valence-corrected chi connectivity index (χ1v) is 7.08. The fourth-order valence-corrected chi connectivity index (χ4v) is 2.44. The molecule has 1 aliphatic rings. The Morgan fingerprint density at radius 3 is 2.80 bits per heavy atom. The van der Waals surface area contributed by atoms with Gasteiger partial charge in [0.25, 0.3) is 5.91 Å². The molecule has 1 amide bonds. The van der Waals surface area contributed by atoms with E-state index in [1.807, 2.05) is 0 Å². The average molecular weight is 278 g/mol. The molecule has 0 aliphatic carbocycles. The molecule has 0 aromatic heterocycles. The molecular weight excluding hydrogens is 256 g/mol. The Hall–Kier alpha value is -1.75. The number of amides is 1. The predicted molar refractivity (Wildman–Crippen MR) is 77.3 cm³/mol. The van der Waals surface area contributed by atoms with E-state index >= 15 is 0 Å². The van der Waals surface area contributed by atoms with E-state index in [1.165, 1.54) is 39.1 Å². The summed E-state index contributed by atoms with van der Waals surface area (Å²) in [5.74, 6) is 0.192. The van der Waals surface area contributed by atoms with Crippen LogP contribution in [0.4, 0.5) is 0 Å². The molecule has 2 N–H and O–H groups in total. The van der Waals surface area contributed by atoms with Crippen molar-refractivity contribution in [2.24, 2.45) is 0 Å². The average Bonchev–Trinajstić information content (AvgIpc) is 2.96. The molecule has 20 heavy (non-hydrogen) atoms. The Balaban J connectivity index is 1.75. The Labute approximate surface area is 119 Å². The lowest BCUT2D eigenvalue weighted by Crippen LogP contribution is -2.28. The molecule has 1 saturated heterocycles. The highest BCUT2D eigenvalue weighted by Gasteiger charge is 2.11. The highest BCUT2D eigenvalue weighted by Crippen LogP contribution is 2.26. The molecule has 1 aliphatic heterocycles. The number of nitrogens with zero attached hydrogens (tertiary/aromatic N) is 1. The molecule has 1 aromatic rings. The van der Waals surface area contributed by atoms with Crippen molar-refractivity contribution >= 4 is 5.91 Å². The van der Waals surface area contributed by atoms with Gasteiger partial charge in [-0.3, -0.25) is 4.79 Å². The van der Waals surface area contributed by atoms with E-state index in [4.69, 9.17) is 4.74 Å². The van der Waals surface area contributed by atoms with E-state index in [2.05, 4.69) is 10.2 Å². The summed E-state index contributed by atoms with van der Waals surface area (Å²) in [5.41, 5.74) is 0.449. The number of nitrogens with one attached hydrogen (secondary N) is 1. The number of methoxy groups -OCH3 is 1. The standard InChI is InChI=1S/C15H22N2O3/c1-20-14-6-5-12(11-13(14)18)15(19)16-7-4-10-17-8-2-3-9-17/h5-6,11,18H,2-4,7-10H2,1H3,(H,16,19). The summed E-state index contributed by atoms with van der Waals surface area (Å²) in [7, 11) is 1.48. The molecule has 0 saturated carbocycles. The van der Waals surface area contributed by atoms with E-state index in [9.17, 15) is 9.90 Å². The smallest absolute Gasteiger partial charge is 0.251 e. The second-order valence-electron chi connectivity index (χ2n) is 5.04. The number of phenols is 1. The maximum atomic E-state index is 11.9. The zero-order valence-corrected chi connectivity index (χ0v) is 11.9. The van der Waals surface area contributed by atoms with E-state index < -0.39 is 0 Å². The Morgan fingerprint density at radius 1 is 1.40 bits per heavy atom. The summed E-state index contributed by atoms with van der Waals surface area (Å²) in [4.78, 5) is 14.3. The summed E-state index contributed by atoms with van der Waals surface area (Å²) in [6.07, 6.45) is 3.53. The van der Waals surface area contributed by atoms with Gasteiger partial charge in [0.2, 0.25) is 0 Å². The van der Waals surface area contributed by atoms with Crippen LogP contribution in [0.5, 0.6) is 11.5 Å². The summed E-state index contributed by atoms with van der Waals surface area (Å²) < 4.78 is 4.95. The van der Waals surface area contributed by atoms with E-state index in [0.717, 1.165) is 13.0 Å². The van der Waals surface area contributed by atoms with Gasteiger partial charge in [-0.2, -0.15) is 0 Å². The lowest BCUT2D eigenvalue weighted by molar-refractivity contribution is 0.0951. The van der Waals surface area contributed by atoms with Gasteiger partial charge in [-0.1, -0.05) is 0 Å². The van der Waals surface area contributed by atoms with Crippen LogP contribution in [0, 0.1) is 0 Å². The summed E-state index contributed by atoms with van der Waals surface area (Å²) in [6, 6.07) is 4.66. The molecule has 5 heteroatoms. The lowest BCUT2D eigenvalue weighted by atomic mass is 10.2. The molecule has 1 aromatic carbocycles. The molecule has 5 nitrogen and oxygen atoms in total. The maximum absolute atomic E-state index is 11.9. The first-order chi connectivity index (χ1) is 9.70. The van der Waals surface area contributed by atoms with Crippen LogP contribution >= 0.6 is 0 Å². The lowest BCUT2D eigenvalue weighted by Gasteiger charge is -2.14. The van der Waals surface area contributed by atoms with Gasteiger partial charge in [-0.05, 0) is 57.1 Å². The van der Waals surface area contributed by atoms with E-state index in [1.54, 1.807) is 12.1 Å². The number of likely N-dealkylation sites (tertiary alicyclic amines) is 1. The summed E-state index contributed by atoms with van der Waals surface area (Å²) >= 11 is 0. The minimum atomic E-state index is -0.163. The Kier molecular flexibility index (Phi) is 5.24. The molecule has 1 heterocycles. The van der Waals surface area contributed by atoms with Crippen molar-refractivity contribution in [1.29, 1.82) is 0 Å². The number of ether oxygens (including phenoxy) is 1. The number of benzene rings is 1. The third-order valence-electron chi connectivity index (χ3n) is 3.58. The van der Waals surface area contributed by atoms with Crippen LogP contribution in [-0.4, -0.2) is 49.2 Å². The van der Waals surface area contributed by atoms with Crippen LogP contribution < -0.4 is 10.1 Å². The number of carbonyl (C=O) groups is 1. The van der Waals surface area contributed by atoms with Crippen molar-refractivity contribution in [2.45, 2.75) is 19.3 Å². The molecule has 0 radical (unpaired) electrons. The van der Waals surface area contributed by atoms with Crippen molar-refractivity contribution < 1.29 is 14.6 Å². The SMILES string of the molecule is COc1ccc(C(=O)NCCCN2CCCC2)cc1O. The first-order valence-electron chi connectivity index (χ1n) is 7.08. The van der Waals surface area contributed by atoms with Gasteiger partial charge < -0.3 is 20.1 Å². The van der Waals surface area contributed by atoms with Crippen molar-refractivity contribution in [1.82, 2.24) is 10.2 Å². The number of rotatable bonds is 6. The van der Waals surface area contributed by atoms with Gasteiger partial charge in [-0.15, -0.1) is 0 Å². The quantitative estimate of drug-likeness (QED) is 0.776. The summed E-state index contributed by atoms with van der Waals surface area (Å²) in [5, 5.41) is 12.5. The van der Waals surface area contributed by atoms with Gasteiger partial charge in [-0.25, -0.2) is 0 Å². The minimum absolute atomic E-state index is 0.0165. The number of aromatic hydroxyl groups is 1. The third kappa shape index (κ3) is 3.87. The highest BCUT2D eigenvalue weighted by molar-refractivity contribution is 5.94. The third-order valence-corrected chi connectivity index (χ3v) is 3.58. The van der Waals surface area contributed by atoms with Crippen LogP contribution in [0.3, 0.4) is 0 Å². The molecule has 110 valence electrons. The van der Waals surface area contributed by atoms with Gasteiger partial charge >= 0.3 is 0 Å². The van der Waals surface area contributed by atoms with Crippen LogP contribution in [-0.2, 0) is 0 Å². The highest BCUT2D eigenvalue weighted by atomic mass is 16.5. The molecule has 1 fully saturated rings. The fourth-order valence-electron chi connectivity index (χ4n) is 2.44. The number of carbonyl (C=O) groups excluding carboxylic acids is 1. The van der Waals surface area contributed by atoms with Gasteiger partial charge in [0.05, 0.1) is 7.11 Å². The molecule has 0 spiro atoms. The maximum Gasteiger partial charge on any atom is 0.251 e. The number of phenolic OH excluding ortho intramolecular Hbond substituents is 1. The van der Waals surface area contributed by atoms with E-state index in [-0.39, 0.29) is 11.7 Å². The molecule has 2 rings (SSSR count). The minimum Gasteiger partial charge on any atom is -0.504 e. The van der Waals surface area contributed by atoms with Gasteiger partial charge in [0.1, 0.15) is 0 Å². The summed E-state index contributed by atoms with van der Waals surface area (Å²) in [6.45, 7) is 4.05. The monoisotopic (exact) mass is 278 g/mol. The molecule has 0 atom stereocenters. The topological polar surface area (TPSA) is 61.8 Å². The molecular formula is C15H22N2O3. The zero-order valence-electron chi connectivity index (χ0n) is 11.9. The molecule has 0 bridgehead atoms. The van der Waals surface area contributed by atoms with Gasteiger partial charge in [0.15, 0.2) is 11.5 Å². The normalized spacial score (nSPS) is 15.2. The number of hydrogen-bond donors (Lipinski definition) is 2. The van der Waals surface area contributed by atoms with Crippen LogP contribution in [0.1, 0.15) is 29.6 Å². The predicted octanol–water partition coefficient (Wildman–Crippen LogP) is 1.62. The Morgan fingerprint density at radius 2 is 2.15 bits per heavy atom. The second kappa shape index (κ2) is 7.14. The molecule has 0 unspecified atom stereocenters. The van der Waals surface area contributed by atoms with Crippen molar-refractivity contribution in [2.75, 3.05) is 33.3 Å². The Bertz CT molecular complexity index is 456. The van der Waals surface area contributed by atoms with Crippen LogP contribution in [0.25, 0.3) is 0 Å². The number of hydrogen-bond acceptors (Lipinski definition) is 4.